The molecule has 176 valence electrons. The molecule has 11 heteroatoms. The molecular formula is C24H17F2N5O4. The number of imide groups is 1. The molecule has 3 aromatic rings. The lowest BCUT2D eigenvalue weighted by Crippen LogP contribution is -2.43. The van der Waals surface area contributed by atoms with Crippen LogP contribution in [0.15, 0.2) is 83.1 Å². The molecule has 9 nitrogen and oxygen atoms in total. The molecule has 0 saturated carbocycles. The number of nitrogens with one attached hydrogen (secondary N) is 1. The molecule has 3 aromatic carbocycles. The van der Waals surface area contributed by atoms with Gasteiger partial charge in [0.25, 0.3) is 11.8 Å². The topological polar surface area (TPSA) is 104 Å². The molecule has 0 aliphatic carbocycles. The van der Waals surface area contributed by atoms with Crippen molar-refractivity contribution in [3.05, 3.63) is 84.4 Å². The summed E-state index contributed by atoms with van der Waals surface area (Å²) < 4.78 is 32.6. The molecule has 5 rings (SSSR count). The number of fused-ring (bicyclic) bond motifs is 1. The van der Waals surface area contributed by atoms with Crippen LogP contribution in [0.2, 0.25) is 0 Å². The maximum Gasteiger partial charge on any atom is 0.263 e. The number of hydrogen-bond acceptors (Lipinski definition) is 7. The van der Waals surface area contributed by atoms with E-state index in [2.05, 4.69) is 15.7 Å². The third-order valence-electron chi connectivity index (χ3n) is 5.44. The van der Waals surface area contributed by atoms with Gasteiger partial charge in [-0.2, -0.15) is 5.11 Å². The number of rotatable bonds is 6. The Bertz CT molecular complexity index is 1330. The standard InChI is InChI=1S/C24H17F2N5O4/c25-18-11-8-15(12-19(18)26)31-23(33)21-22(24(31)34)30(29-28-21)13-20(32)27-14-6-9-17(10-7-14)35-16-4-2-1-3-5-16/h1-12,21-22H,13H2,(H,27,32)/t21-,22-/m0/s1. The van der Waals surface area contributed by atoms with Crippen LogP contribution in [0, 0.1) is 11.6 Å². The lowest BCUT2D eigenvalue weighted by Gasteiger charge is -2.20. The molecule has 0 radical (unpaired) electrons. The van der Waals surface area contributed by atoms with Crippen LogP contribution in [0.3, 0.4) is 0 Å². The van der Waals surface area contributed by atoms with Crippen molar-refractivity contribution in [2.75, 3.05) is 16.8 Å². The van der Waals surface area contributed by atoms with Gasteiger partial charge in [0.15, 0.2) is 23.7 Å². The van der Waals surface area contributed by atoms with E-state index in [9.17, 15) is 23.2 Å². The summed E-state index contributed by atoms with van der Waals surface area (Å²) in [4.78, 5) is 38.9. The molecular weight excluding hydrogens is 460 g/mol. The predicted octanol–water partition coefficient (Wildman–Crippen LogP) is 3.69. The van der Waals surface area contributed by atoms with Gasteiger partial charge in [-0.15, -0.1) is 0 Å². The van der Waals surface area contributed by atoms with Crippen molar-refractivity contribution in [1.82, 2.24) is 5.01 Å². The lowest BCUT2D eigenvalue weighted by atomic mass is 10.1. The number of anilines is 2. The molecule has 0 spiro atoms. The Morgan fingerprint density at radius 1 is 0.914 bits per heavy atom. The number of benzene rings is 3. The summed E-state index contributed by atoms with van der Waals surface area (Å²) >= 11 is 0. The van der Waals surface area contributed by atoms with Crippen LogP contribution in [0.25, 0.3) is 0 Å². The highest BCUT2D eigenvalue weighted by Crippen LogP contribution is 2.32. The number of carbonyl (C=O) groups excluding carboxylic acids is 3. The minimum absolute atomic E-state index is 0.120. The van der Waals surface area contributed by atoms with Gasteiger partial charge in [0.1, 0.15) is 18.0 Å². The van der Waals surface area contributed by atoms with E-state index < -0.39 is 41.4 Å². The van der Waals surface area contributed by atoms with Gasteiger partial charge in [-0.25, -0.2) is 13.7 Å². The van der Waals surface area contributed by atoms with Gasteiger partial charge in [-0.05, 0) is 48.5 Å². The zero-order valence-electron chi connectivity index (χ0n) is 18.0. The first-order valence-electron chi connectivity index (χ1n) is 10.5. The fourth-order valence-corrected chi connectivity index (χ4v) is 3.81. The molecule has 35 heavy (non-hydrogen) atoms. The second-order valence-electron chi connectivity index (χ2n) is 7.79. The summed E-state index contributed by atoms with van der Waals surface area (Å²) in [5.41, 5.74) is 0.367. The molecule has 0 unspecified atom stereocenters. The first-order chi connectivity index (χ1) is 16.9. The van der Waals surface area contributed by atoms with Gasteiger partial charge in [0.05, 0.1) is 5.69 Å². The lowest BCUT2D eigenvalue weighted by molar-refractivity contribution is -0.123. The quantitative estimate of drug-likeness (QED) is 0.546. The minimum atomic E-state index is -1.20. The van der Waals surface area contributed by atoms with Gasteiger partial charge in [0.2, 0.25) is 5.91 Å². The van der Waals surface area contributed by atoms with E-state index in [4.69, 9.17) is 4.74 Å². The van der Waals surface area contributed by atoms with Gasteiger partial charge >= 0.3 is 0 Å². The van der Waals surface area contributed by atoms with Crippen LogP contribution in [0.4, 0.5) is 20.2 Å². The number of ether oxygens (including phenoxy) is 1. The summed E-state index contributed by atoms with van der Waals surface area (Å²) in [7, 11) is 0. The van der Waals surface area contributed by atoms with Crippen molar-refractivity contribution in [1.29, 1.82) is 0 Å². The molecule has 2 aliphatic rings. The number of carbonyl (C=O) groups is 3. The van der Waals surface area contributed by atoms with E-state index in [0.29, 0.717) is 17.2 Å². The van der Waals surface area contributed by atoms with Crippen molar-refractivity contribution in [3.8, 4) is 11.5 Å². The molecule has 1 fully saturated rings. The first kappa shape index (κ1) is 22.1. The largest absolute Gasteiger partial charge is 0.457 e. The molecule has 2 aliphatic heterocycles. The molecule has 0 aromatic heterocycles. The van der Waals surface area contributed by atoms with Crippen LogP contribution in [-0.2, 0) is 14.4 Å². The Morgan fingerprint density at radius 2 is 1.63 bits per heavy atom. The first-order valence-corrected chi connectivity index (χ1v) is 10.5. The highest BCUT2D eigenvalue weighted by Gasteiger charge is 2.55. The van der Waals surface area contributed by atoms with Crippen molar-refractivity contribution in [3.63, 3.8) is 0 Å². The Morgan fingerprint density at radius 3 is 2.34 bits per heavy atom. The fourth-order valence-electron chi connectivity index (χ4n) is 3.81. The third-order valence-corrected chi connectivity index (χ3v) is 5.44. The number of amides is 3. The van der Waals surface area contributed by atoms with Crippen molar-refractivity contribution in [2.24, 2.45) is 10.3 Å². The van der Waals surface area contributed by atoms with Crippen LogP contribution in [0.5, 0.6) is 11.5 Å². The fraction of sp³-hybridized carbons (Fsp3) is 0.125. The monoisotopic (exact) mass is 477 g/mol. The van der Waals surface area contributed by atoms with Gasteiger partial charge in [0, 0.05) is 11.8 Å². The van der Waals surface area contributed by atoms with E-state index in [1.807, 2.05) is 30.3 Å². The summed E-state index contributed by atoms with van der Waals surface area (Å²) in [6, 6.07) is 16.3. The minimum Gasteiger partial charge on any atom is -0.457 e. The van der Waals surface area contributed by atoms with E-state index >= 15 is 0 Å². The number of para-hydroxylation sites is 1. The second-order valence-corrected chi connectivity index (χ2v) is 7.79. The van der Waals surface area contributed by atoms with E-state index in [-0.39, 0.29) is 12.2 Å². The van der Waals surface area contributed by atoms with E-state index in [0.717, 1.165) is 28.1 Å². The summed E-state index contributed by atoms with van der Waals surface area (Å²) in [5, 5.41) is 11.4. The summed E-state index contributed by atoms with van der Waals surface area (Å²) in [5.74, 6) is -3.00. The molecule has 2 heterocycles. The average molecular weight is 477 g/mol. The SMILES string of the molecule is O=C(CN1N=N[C@@H]2C(=O)N(c3ccc(F)c(F)c3)C(=O)[C@H]21)Nc1ccc(Oc2ccccc2)cc1. The predicted molar refractivity (Wildman–Crippen MR) is 120 cm³/mol. The Kier molecular flexibility index (Phi) is 5.65. The smallest absolute Gasteiger partial charge is 0.263 e. The summed E-state index contributed by atoms with van der Waals surface area (Å²) in [6.45, 7) is -0.350. The van der Waals surface area contributed by atoms with Crippen molar-refractivity contribution >= 4 is 29.1 Å². The maximum atomic E-state index is 13.6. The number of hydrogen-bond donors (Lipinski definition) is 1. The molecule has 3 amide bonds. The highest BCUT2D eigenvalue weighted by atomic mass is 19.2. The van der Waals surface area contributed by atoms with E-state index in [1.54, 1.807) is 24.3 Å². The molecule has 0 bridgehead atoms. The van der Waals surface area contributed by atoms with Crippen LogP contribution in [0.1, 0.15) is 0 Å². The zero-order valence-corrected chi connectivity index (χ0v) is 18.0. The van der Waals surface area contributed by atoms with Gasteiger partial charge in [-0.1, -0.05) is 23.4 Å². The highest BCUT2D eigenvalue weighted by molar-refractivity contribution is 6.25. The second kappa shape index (κ2) is 8.93. The molecule has 1 saturated heterocycles. The maximum absolute atomic E-state index is 13.6. The normalized spacial score (nSPS) is 18.7. The Labute approximate surface area is 197 Å². The van der Waals surface area contributed by atoms with Crippen LogP contribution < -0.4 is 15.0 Å². The van der Waals surface area contributed by atoms with Crippen molar-refractivity contribution in [2.45, 2.75) is 12.1 Å². The summed E-state index contributed by atoms with van der Waals surface area (Å²) in [6.07, 6.45) is 0. The van der Waals surface area contributed by atoms with Gasteiger partial charge < -0.3 is 10.1 Å². The Balaban J connectivity index is 1.23. The van der Waals surface area contributed by atoms with Crippen molar-refractivity contribution < 1.29 is 27.9 Å². The van der Waals surface area contributed by atoms with Crippen LogP contribution in [-0.4, -0.2) is 41.4 Å². The third kappa shape index (κ3) is 4.31. The van der Waals surface area contributed by atoms with Gasteiger partial charge in [-0.3, -0.25) is 19.4 Å². The Hall–Kier alpha value is -4.67. The molecule has 2 atom stereocenters. The molecule has 1 N–H and O–H groups in total. The number of nitrogens with zero attached hydrogens (tertiary/aromatic N) is 4. The zero-order chi connectivity index (χ0) is 24.5. The number of halogens is 2. The average Bonchev–Trinajstić information content (AvgIpc) is 3.37. The van der Waals surface area contributed by atoms with E-state index in [1.165, 1.54) is 0 Å². The van der Waals surface area contributed by atoms with Crippen LogP contribution >= 0.6 is 0 Å².